The van der Waals surface area contributed by atoms with Gasteiger partial charge in [0.15, 0.2) is 5.82 Å². The van der Waals surface area contributed by atoms with Crippen LogP contribution in [0.1, 0.15) is 48.7 Å². The molecule has 1 fully saturated rings. The molecular weight excluding hydrogens is 390 g/mol. The second-order valence-corrected chi connectivity index (χ2v) is 7.75. The minimum atomic E-state index is -0.162. The number of aromatic amines is 1. The van der Waals surface area contributed by atoms with E-state index in [9.17, 15) is 4.79 Å². The molecule has 1 amide bonds. The molecule has 2 aromatic carbocycles. The molecule has 0 spiro atoms. The molecule has 3 aromatic rings. The zero-order valence-electron chi connectivity index (χ0n) is 18.0. The number of benzene rings is 2. The number of anilines is 1. The Balaban J connectivity index is 1.41. The smallest absolute Gasteiger partial charge is 0.255 e. The Morgan fingerprint density at radius 2 is 2.00 bits per heavy atom. The number of amides is 1. The Morgan fingerprint density at radius 3 is 2.71 bits per heavy atom. The Kier molecular flexibility index (Phi) is 6.74. The number of carbonyl (C=O) groups excluding carboxylic acids is 1. The molecule has 0 bridgehead atoms. The van der Waals surface area contributed by atoms with Crippen LogP contribution >= 0.6 is 0 Å². The lowest BCUT2D eigenvalue weighted by Gasteiger charge is -2.36. The molecule has 0 saturated carbocycles. The molecule has 7 heteroatoms. The Labute approximate surface area is 182 Å². The predicted octanol–water partition coefficient (Wildman–Crippen LogP) is 4.29. The highest BCUT2D eigenvalue weighted by atomic mass is 16.5. The molecule has 31 heavy (non-hydrogen) atoms. The standard InChI is InChI=1S/C24H29N5O2/c1-3-29(4-2)21-12-13-31-22(15-21)17-8-10-20(11-9-17)27-24(30)19-7-5-6-18(14-19)23-25-16-26-28-23/h5-11,14,16,21-22H,3-4,12-13,15H2,1-2H3,(H,27,30)(H,25,26,28)/t21-,22+/m1/s1. The summed E-state index contributed by atoms with van der Waals surface area (Å²) in [7, 11) is 0. The van der Waals surface area contributed by atoms with Gasteiger partial charge in [-0.15, -0.1) is 0 Å². The molecule has 2 N–H and O–H groups in total. The average Bonchev–Trinajstić information content (AvgIpc) is 3.36. The van der Waals surface area contributed by atoms with Crippen LogP contribution in [0.2, 0.25) is 0 Å². The Hall–Kier alpha value is -3.03. The molecule has 1 aliphatic heterocycles. The number of ether oxygens (including phenoxy) is 1. The van der Waals surface area contributed by atoms with Crippen LogP contribution in [-0.4, -0.2) is 51.7 Å². The number of rotatable bonds is 7. The fourth-order valence-electron chi connectivity index (χ4n) is 4.22. The quantitative estimate of drug-likeness (QED) is 0.597. The highest BCUT2D eigenvalue weighted by molar-refractivity contribution is 6.04. The van der Waals surface area contributed by atoms with Crippen LogP contribution in [0.5, 0.6) is 0 Å². The van der Waals surface area contributed by atoms with Gasteiger partial charge in [0.2, 0.25) is 0 Å². The first-order chi connectivity index (χ1) is 15.2. The number of hydrogen-bond acceptors (Lipinski definition) is 5. The van der Waals surface area contributed by atoms with E-state index in [1.807, 2.05) is 24.3 Å². The summed E-state index contributed by atoms with van der Waals surface area (Å²) >= 11 is 0. The van der Waals surface area contributed by atoms with Crippen molar-refractivity contribution in [2.24, 2.45) is 0 Å². The van der Waals surface area contributed by atoms with Gasteiger partial charge in [-0.2, -0.15) is 5.10 Å². The molecule has 7 nitrogen and oxygen atoms in total. The molecule has 1 aromatic heterocycles. The lowest BCUT2D eigenvalue weighted by molar-refractivity contribution is -0.0265. The minimum absolute atomic E-state index is 0.0997. The van der Waals surface area contributed by atoms with Crippen molar-refractivity contribution in [3.63, 3.8) is 0 Å². The molecule has 1 saturated heterocycles. The van der Waals surface area contributed by atoms with E-state index < -0.39 is 0 Å². The summed E-state index contributed by atoms with van der Waals surface area (Å²) in [6, 6.07) is 15.9. The van der Waals surface area contributed by atoms with Crippen LogP contribution in [0.25, 0.3) is 11.4 Å². The molecule has 1 aliphatic rings. The first-order valence-corrected chi connectivity index (χ1v) is 10.9. The number of nitrogens with one attached hydrogen (secondary N) is 2. The van der Waals surface area contributed by atoms with Gasteiger partial charge in [-0.3, -0.25) is 9.89 Å². The SMILES string of the molecule is CCN(CC)[C@@H]1CCO[C@H](c2ccc(NC(=O)c3cccc(-c4ncn[nH]4)c3)cc2)C1. The summed E-state index contributed by atoms with van der Waals surface area (Å²) in [5.74, 6) is 0.471. The summed E-state index contributed by atoms with van der Waals surface area (Å²) in [5, 5.41) is 9.65. The molecule has 2 heterocycles. The van der Waals surface area contributed by atoms with Crippen LogP contribution in [0.15, 0.2) is 54.9 Å². The third-order valence-corrected chi connectivity index (χ3v) is 5.94. The van der Waals surface area contributed by atoms with Crippen LogP contribution < -0.4 is 5.32 Å². The molecule has 4 rings (SSSR count). The van der Waals surface area contributed by atoms with E-state index in [1.165, 1.54) is 6.33 Å². The topological polar surface area (TPSA) is 83.1 Å². The average molecular weight is 420 g/mol. The fraction of sp³-hybridized carbons (Fsp3) is 0.375. The highest BCUT2D eigenvalue weighted by Crippen LogP contribution is 2.31. The van der Waals surface area contributed by atoms with Crippen molar-refractivity contribution in [2.75, 3.05) is 25.0 Å². The number of hydrogen-bond donors (Lipinski definition) is 2. The lowest BCUT2D eigenvalue weighted by Crippen LogP contribution is -2.40. The predicted molar refractivity (Wildman–Crippen MR) is 121 cm³/mol. The lowest BCUT2D eigenvalue weighted by atomic mass is 9.96. The second kappa shape index (κ2) is 9.85. The maximum atomic E-state index is 12.7. The van der Waals surface area contributed by atoms with Crippen molar-refractivity contribution in [3.8, 4) is 11.4 Å². The van der Waals surface area contributed by atoms with Crippen LogP contribution in [-0.2, 0) is 4.74 Å². The van der Waals surface area contributed by atoms with Gasteiger partial charge in [0.1, 0.15) is 6.33 Å². The van der Waals surface area contributed by atoms with Crippen molar-refractivity contribution in [1.82, 2.24) is 20.1 Å². The van der Waals surface area contributed by atoms with Gasteiger partial charge in [-0.05, 0) is 55.8 Å². The summed E-state index contributed by atoms with van der Waals surface area (Å²) < 4.78 is 6.04. The van der Waals surface area contributed by atoms with Crippen molar-refractivity contribution in [2.45, 2.75) is 38.8 Å². The molecular formula is C24H29N5O2. The fourth-order valence-corrected chi connectivity index (χ4v) is 4.22. The third-order valence-electron chi connectivity index (χ3n) is 5.94. The first-order valence-electron chi connectivity index (χ1n) is 10.9. The zero-order valence-corrected chi connectivity index (χ0v) is 18.0. The Morgan fingerprint density at radius 1 is 1.19 bits per heavy atom. The summed E-state index contributed by atoms with van der Waals surface area (Å²) in [5.41, 5.74) is 3.30. The summed E-state index contributed by atoms with van der Waals surface area (Å²) in [4.78, 5) is 19.4. The van der Waals surface area contributed by atoms with Gasteiger partial charge >= 0.3 is 0 Å². The Bertz CT molecular complexity index is 983. The van der Waals surface area contributed by atoms with Crippen LogP contribution in [0, 0.1) is 0 Å². The zero-order chi connectivity index (χ0) is 21.6. The molecule has 0 unspecified atom stereocenters. The van der Waals surface area contributed by atoms with E-state index in [2.05, 4.69) is 51.4 Å². The molecule has 162 valence electrons. The maximum absolute atomic E-state index is 12.7. The number of carbonyl (C=O) groups is 1. The van der Waals surface area contributed by atoms with Crippen LogP contribution in [0.4, 0.5) is 5.69 Å². The van der Waals surface area contributed by atoms with E-state index in [-0.39, 0.29) is 12.0 Å². The van der Waals surface area contributed by atoms with Crippen LogP contribution in [0.3, 0.4) is 0 Å². The van der Waals surface area contributed by atoms with Gasteiger partial charge < -0.3 is 15.0 Å². The van der Waals surface area contributed by atoms with Gasteiger partial charge in [0, 0.05) is 29.5 Å². The largest absolute Gasteiger partial charge is 0.373 e. The van der Waals surface area contributed by atoms with E-state index in [1.54, 1.807) is 12.1 Å². The van der Waals surface area contributed by atoms with E-state index in [0.717, 1.165) is 49.4 Å². The van der Waals surface area contributed by atoms with Crippen molar-refractivity contribution in [1.29, 1.82) is 0 Å². The van der Waals surface area contributed by atoms with Gasteiger partial charge in [-0.1, -0.05) is 38.1 Å². The molecule has 0 aliphatic carbocycles. The van der Waals surface area contributed by atoms with Crippen molar-refractivity contribution >= 4 is 11.6 Å². The van der Waals surface area contributed by atoms with Crippen molar-refractivity contribution in [3.05, 3.63) is 66.0 Å². The normalized spacial score (nSPS) is 18.8. The summed E-state index contributed by atoms with van der Waals surface area (Å²) in [6.45, 7) is 7.35. The van der Waals surface area contributed by atoms with E-state index >= 15 is 0 Å². The van der Waals surface area contributed by atoms with Gasteiger partial charge in [0.05, 0.1) is 6.10 Å². The monoisotopic (exact) mass is 419 g/mol. The molecule has 0 radical (unpaired) electrons. The third kappa shape index (κ3) is 5.00. The number of aromatic nitrogens is 3. The number of nitrogens with zero attached hydrogens (tertiary/aromatic N) is 3. The van der Waals surface area contributed by atoms with Gasteiger partial charge in [0.25, 0.3) is 5.91 Å². The second-order valence-electron chi connectivity index (χ2n) is 7.75. The van der Waals surface area contributed by atoms with Crippen molar-refractivity contribution < 1.29 is 9.53 Å². The summed E-state index contributed by atoms with van der Waals surface area (Å²) in [6.07, 6.45) is 3.63. The van der Waals surface area contributed by atoms with Gasteiger partial charge in [-0.25, -0.2) is 4.98 Å². The van der Waals surface area contributed by atoms with E-state index in [4.69, 9.17) is 4.74 Å². The minimum Gasteiger partial charge on any atom is -0.373 e. The first kappa shape index (κ1) is 21.2. The maximum Gasteiger partial charge on any atom is 0.255 e. The van der Waals surface area contributed by atoms with E-state index in [0.29, 0.717) is 17.4 Å². The number of H-pyrrole nitrogens is 1. The molecule has 2 atom stereocenters. The highest BCUT2D eigenvalue weighted by Gasteiger charge is 2.27.